The van der Waals surface area contributed by atoms with Crippen molar-refractivity contribution >= 4 is 33.1 Å². The van der Waals surface area contributed by atoms with E-state index in [1.165, 1.54) is 0 Å². The fourth-order valence-corrected chi connectivity index (χ4v) is 4.83. The van der Waals surface area contributed by atoms with Crippen LogP contribution in [0.5, 0.6) is 11.5 Å². The molecule has 2 aromatic carbocycles. The third-order valence-corrected chi connectivity index (χ3v) is 6.80. The van der Waals surface area contributed by atoms with Gasteiger partial charge in [-0.2, -0.15) is 0 Å². The number of carbonyl (C=O) groups is 1. The quantitative estimate of drug-likeness (QED) is 0.193. The summed E-state index contributed by atoms with van der Waals surface area (Å²) in [5.41, 5.74) is 6.20. The first-order chi connectivity index (χ1) is 20.3. The summed E-state index contributed by atoms with van der Waals surface area (Å²) < 4.78 is 16.6. The number of fused-ring (bicyclic) bond motifs is 2. The first kappa shape index (κ1) is 28.9. The number of benzene rings is 2. The zero-order chi connectivity index (χ0) is 29.6. The van der Waals surface area contributed by atoms with Gasteiger partial charge in [0, 0.05) is 43.4 Å². The van der Waals surface area contributed by atoms with E-state index in [1.807, 2.05) is 108 Å². The summed E-state index contributed by atoms with van der Waals surface area (Å²) >= 11 is 3.49. The van der Waals surface area contributed by atoms with Crippen molar-refractivity contribution in [2.45, 2.75) is 27.1 Å². The van der Waals surface area contributed by atoms with Crippen LogP contribution in [0.3, 0.4) is 0 Å². The highest BCUT2D eigenvalue weighted by Gasteiger charge is 2.15. The largest absolute Gasteiger partial charge is 0.485 e. The van der Waals surface area contributed by atoms with E-state index >= 15 is 0 Å². The first-order valence-electron chi connectivity index (χ1n) is 13.5. The predicted octanol–water partition coefficient (Wildman–Crippen LogP) is 6.91. The molecule has 4 aromatic heterocycles. The Morgan fingerprint density at radius 1 is 0.738 bits per heavy atom. The number of nitrogens with zero attached hydrogens (tertiary/aromatic N) is 5. The Kier molecular flexibility index (Phi) is 8.88. The number of rotatable bonds is 7. The monoisotopic (exact) mass is 625 g/mol. The SMILES string of the molecule is Cc1cn2cc(Br)cc(OCc3ccccc3)c2n1.Cc1cn2cc(C(=O)N(C)C)cc(OCc3ccccc3)c2n1. The molecule has 42 heavy (non-hydrogen) atoms. The number of aryl methyl sites for hydroxylation is 2. The summed E-state index contributed by atoms with van der Waals surface area (Å²) in [7, 11) is 3.46. The zero-order valence-corrected chi connectivity index (χ0v) is 25.6. The smallest absolute Gasteiger partial charge is 0.254 e. The maximum Gasteiger partial charge on any atom is 0.254 e. The normalized spacial score (nSPS) is 10.8. The first-order valence-corrected chi connectivity index (χ1v) is 14.3. The molecule has 0 aliphatic heterocycles. The van der Waals surface area contributed by atoms with Crippen molar-refractivity contribution in [1.82, 2.24) is 23.7 Å². The predicted molar refractivity (Wildman–Crippen MR) is 167 cm³/mol. The number of ether oxygens (including phenoxy) is 2. The number of amides is 1. The minimum atomic E-state index is -0.0668. The van der Waals surface area contributed by atoms with E-state index in [2.05, 4.69) is 25.9 Å². The van der Waals surface area contributed by atoms with Gasteiger partial charge in [-0.05, 0) is 53.0 Å². The van der Waals surface area contributed by atoms with Gasteiger partial charge in [0.1, 0.15) is 13.2 Å². The second-order valence-electron chi connectivity index (χ2n) is 10.1. The van der Waals surface area contributed by atoms with Crippen LogP contribution in [0.4, 0.5) is 0 Å². The average molecular weight is 627 g/mol. The Balaban J connectivity index is 0.000000171. The number of pyridine rings is 2. The molecular weight excluding hydrogens is 594 g/mol. The Morgan fingerprint density at radius 2 is 1.21 bits per heavy atom. The number of imidazole rings is 2. The minimum absolute atomic E-state index is 0.0668. The maximum absolute atomic E-state index is 12.3. The third-order valence-electron chi connectivity index (χ3n) is 6.37. The molecule has 0 atom stereocenters. The molecule has 1 amide bonds. The van der Waals surface area contributed by atoms with Crippen molar-refractivity contribution in [1.29, 1.82) is 0 Å². The molecule has 4 heterocycles. The molecule has 0 aliphatic carbocycles. The summed E-state index contributed by atoms with van der Waals surface area (Å²) in [5.74, 6) is 1.32. The third kappa shape index (κ3) is 6.98. The van der Waals surface area contributed by atoms with Crippen LogP contribution in [0.15, 0.2) is 102 Å². The van der Waals surface area contributed by atoms with Crippen LogP contribution in [0.25, 0.3) is 11.3 Å². The van der Waals surface area contributed by atoms with Crippen molar-refractivity contribution in [2.75, 3.05) is 14.1 Å². The molecule has 0 fully saturated rings. The van der Waals surface area contributed by atoms with Gasteiger partial charge < -0.3 is 23.2 Å². The summed E-state index contributed by atoms with van der Waals surface area (Å²) in [5, 5.41) is 0. The minimum Gasteiger partial charge on any atom is -0.485 e. The van der Waals surface area contributed by atoms with Crippen LogP contribution in [0.1, 0.15) is 32.9 Å². The molecule has 9 heteroatoms. The standard InChI is InChI=1S/C18H19N3O2.C15H13BrN2O/c1-13-10-21-11-15(18(22)20(2)3)9-16(17(21)19-13)23-12-14-7-5-4-6-8-14;1-11-8-18-9-13(16)7-14(15(18)17-11)19-10-12-5-3-2-4-6-12/h4-11H,12H2,1-3H3;2-9H,10H2,1H3. The fourth-order valence-electron chi connectivity index (χ4n) is 4.40. The molecule has 214 valence electrons. The Labute approximate surface area is 253 Å². The molecule has 8 nitrogen and oxygen atoms in total. The summed E-state index contributed by atoms with van der Waals surface area (Å²) in [6.07, 6.45) is 7.63. The van der Waals surface area contributed by atoms with E-state index in [-0.39, 0.29) is 5.91 Å². The fraction of sp³-hybridized carbons (Fsp3) is 0.182. The molecule has 0 saturated heterocycles. The van der Waals surface area contributed by atoms with Crippen molar-refractivity contribution in [3.05, 3.63) is 130 Å². The summed E-state index contributed by atoms with van der Waals surface area (Å²) in [6.45, 7) is 4.87. The molecule has 0 radical (unpaired) electrons. The van der Waals surface area contributed by atoms with Gasteiger partial charge in [-0.15, -0.1) is 0 Å². The molecule has 0 N–H and O–H groups in total. The van der Waals surface area contributed by atoms with Gasteiger partial charge in [-0.1, -0.05) is 60.7 Å². The molecule has 6 rings (SSSR count). The van der Waals surface area contributed by atoms with E-state index in [1.54, 1.807) is 31.3 Å². The number of hydrogen-bond donors (Lipinski definition) is 0. The van der Waals surface area contributed by atoms with Crippen LogP contribution >= 0.6 is 15.9 Å². The van der Waals surface area contributed by atoms with Gasteiger partial charge in [-0.3, -0.25) is 4.79 Å². The highest BCUT2D eigenvalue weighted by atomic mass is 79.9. The number of halogens is 1. The highest BCUT2D eigenvalue weighted by molar-refractivity contribution is 9.10. The van der Waals surface area contributed by atoms with Gasteiger partial charge in [0.15, 0.2) is 22.8 Å². The van der Waals surface area contributed by atoms with E-state index in [0.717, 1.165) is 38.4 Å². The van der Waals surface area contributed by atoms with Crippen LogP contribution < -0.4 is 9.47 Å². The Morgan fingerprint density at radius 3 is 1.71 bits per heavy atom. The van der Waals surface area contributed by atoms with Crippen LogP contribution in [-0.4, -0.2) is 43.7 Å². The summed E-state index contributed by atoms with van der Waals surface area (Å²) in [4.78, 5) is 22.8. The number of hydrogen-bond acceptors (Lipinski definition) is 5. The van der Waals surface area contributed by atoms with Crippen LogP contribution in [0.2, 0.25) is 0 Å². The van der Waals surface area contributed by atoms with Gasteiger partial charge >= 0.3 is 0 Å². The van der Waals surface area contributed by atoms with E-state index < -0.39 is 0 Å². The lowest BCUT2D eigenvalue weighted by atomic mass is 10.2. The van der Waals surface area contributed by atoms with Crippen LogP contribution in [-0.2, 0) is 13.2 Å². The van der Waals surface area contributed by atoms with Crippen LogP contribution in [0, 0.1) is 13.8 Å². The topological polar surface area (TPSA) is 73.4 Å². The highest BCUT2D eigenvalue weighted by Crippen LogP contribution is 2.26. The van der Waals surface area contributed by atoms with E-state index in [9.17, 15) is 4.79 Å². The Hall–Kier alpha value is -4.63. The van der Waals surface area contributed by atoms with Gasteiger partial charge in [-0.25, -0.2) is 9.97 Å². The second kappa shape index (κ2) is 12.9. The molecule has 0 bridgehead atoms. The summed E-state index contributed by atoms with van der Waals surface area (Å²) in [6, 6.07) is 23.7. The van der Waals surface area contributed by atoms with Crippen molar-refractivity contribution in [2.24, 2.45) is 0 Å². The molecular formula is C33H32BrN5O3. The molecule has 0 aliphatic rings. The van der Waals surface area contributed by atoms with Gasteiger partial charge in [0.2, 0.25) is 0 Å². The van der Waals surface area contributed by atoms with Crippen molar-refractivity contribution in [3.8, 4) is 11.5 Å². The average Bonchev–Trinajstić information content (AvgIpc) is 3.56. The van der Waals surface area contributed by atoms with E-state index in [0.29, 0.717) is 30.2 Å². The lowest BCUT2D eigenvalue weighted by Gasteiger charge is -2.13. The van der Waals surface area contributed by atoms with Crippen molar-refractivity contribution < 1.29 is 14.3 Å². The zero-order valence-electron chi connectivity index (χ0n) is 24.0. The molecule has 0 spiro atoms. The van der Waals surface area contributed by atoms with Gasteiger partial charge in [0.25, 0.3) is 5.91 Å². The van der Waals surface area contributed by atoms with E-state index in [4.69, 9.17) is 9.47 Å². The lowest BCUT2D eigenvalue weighted by molar-refractivity contribution is 0.0826. The number of aromatic nitrogens is 4. The maximum atomic E-state index is 12.3. The lowest BCUT2D eigenvalue weighted by Crippen LogP contribution is -2.22. The Bertz CT molecular complexity index is 1810. The van der Waals surface area contributed by atoms with Crippen molar-refractivity contribution in [3.63, 3.8) is 0 Å². The van der Waals surface area contributed by atoms with Gasteiger partial charge in [0.05, 0.1) is 17.0 Å². The molecule has 0 saturated carbocycles. The second-order valence-corrected chi connectivity index (χ2v) is 11.0. The molecule has 6 aromatic rings. The number of carbonyl (C=O) groups excluding carboxylic acids is 1. The molecule has 0 unspecified atom stereocenters.